The zero-order valence-electron chi connectivity index (χ0n) is 38.6. The predicted molar refractivity (Wildman–Crippen MR) is 250 cm³/mol. The number of likely N-dealkylation sites (tertiary alicyclic amines) is 2. The van der Waals surface area contributed by atoms with Crippen molar-refractivity contribution in [3.63, 3.8) is 0 Å². The summed E-state index contributed by atoms with van der Waals surface area (Å²) < 4.78 is 0. The average molecular weight is 940 g/mol. The van der Waals surface area contributed by atoms with Crippen molar-refractivity contribution in [3.8, 4) is 0 Å². The number of nitrogens with two attached hydrogens (primary N) is 3. The number of nitrogens with one attached hydrogen (secondary N) is 4. The van der Waals surface area contributed by atoms with Gasteiger partial charge >= 0.3 is 0 Å². The Labute approximate surface area is 388 Å². The molecule has 0 aliphatic carbocycles. The van der Waals surface area contributed by atoms with Crippen molar-refractivity contribution in [3.05, 3.63) is 0 Å². The van der Waals surface area contributed by atoms with Crippen LogP contribution in [0.5, 0.6) is 0 Å². The van der Waals surface area contributed by atoms with Crippen LogP contribution in [0.15, 0.2) is 0 Å². The number of ketones is 2. The molecule has 0 aromatic rings. The van der Waals surface area contributed by atoms with Crippen molar-refractivity contribution in [2.24, 2.45) is 23.1 Å². The van der Waals surface area contributed by atoms with Gasteiger partial charge in [-0.1, -0.05) is 33.1 Å². The second kappa shape index (κ2) is 31.3. The Kier molecular flexibility index (Phi) is 27.7. The maximum atomic E-state index is 13.3. The van der Waals surface area contributed by atoms with Gasteiger partial charge in [-0.05, 0) is 78.1 Å². The molecule has 18 nitrogen and oxygen atoms in total. The predicted octanol–water partition coefficient (Wildman–Crippen LogP) is 1.64. The van der Waals surface area contributed by atoms with Gasteiger partial charge in [0, 0.05) is 75.8 Å². The minimum Gasteiger partial charge on any atom is -0.355 e. The third-order valence-corrected chi connectivity index (χ3v) is 13.8. The van der Waals surface area contributed by atoms with Crippen molar-refractivity contribution in [1.82, 2.24) is 31.1 Å². The lowest BCUT2D eigenvalue weighted by atomic mass is 10.0. The van der Waals surface area contributed by atoms with Crippen LogP contribution in [0.4, 0.5) is 0 Å². The standard InChI is InChI=1S/C44H77N9O9S2/c1-29(2)35(55)18-9-7-14-23-52-25-20-36(43(52)61)63-27-32(46)40(58)48-22-13-11-17-34(42(60)49-21-12-5-10-19-38(56)50-31(4)45)51-41(59)33(47)28-64-37-26-39(57)53(44(37)62)24-15-6-8-16-30(3)54/h29,31-34,36-37H,5-28,45-47H2,1-4H3,(H,48,58)(H,49,60)(H,50,56)(H,51,59)/t31?,32-,33?,34-,36?,37?/m0/s1. The number of amides is 7. The minimum atomic E-state index is -1.06. The van der Waals surface area contributed by atoms with Crippen LogP contribution in [0.1, 0.15) is 137 Å². The summed E-state index contributed by atoms with van der Waals surface area (Å²) >= 11 is 2.52. The fourth-order valence-corrected chi connectivity index (χ4v) is 9.47. The van der Waals surface area contributed by atoms with Crippen LogP contribution < -0.4 is 38.5 Å². The van der Waals surface area contributed by atoms with Gasteiger partial charge in [0.15, 0.2) is 0 Å². The third kappa shape index (κ3) is 22.5. The van der Waals surface area contributed by atoms with Crippen molar-refractivity contribution < 1.29 is 43.2 Å². The number of rotatable bonds is 35. The average Bonchev–Trinajstić information content (AvgIpc) is 3.73. The van der Waals surface area contributed by atoms with Gasteiger partial charge in [-0.3, -0.25) is 43.3 Å². The summed E-state index contributed by atoms with van der Waals surface area (Å²) in [6, 6.07) is -2.81. The number of hydrogen-bond donors (Lipinski definition) is 7. The van der Waals surface area contributed by atoms with E-state index in [1.165, 1.54) is 23.6 Å². The highest BCUT2D eigenvalue weighted by molar-refractivity contribution is 8.01. The van der Waals surface area contributed by atoms with Gasteiger partial charge in [-0.15, -0.1) is 23.5 Å². The lowest BCUT2D eigenvalue weighted by Crippen LogP contribution is -2.52. The summed E-state index contributed by atoms with van der Waals surface area (Å²) in [5.74, 6) is -1.28. The Balaban J connectivity index is 1.81. The maximum absolute atomic E-state index is 13.3. The molecule has 2 rings (SSSR count). The fourth-order valence-electron chi connectivity index (χ4n) is 7.20. The zero-order valence-corrected chi connectivity index (χ0v) is 40.3. The van der Waals surface area contributed by atoms with E-state index >= 15 is 0 Å². The second-order valence-electron chi connectivity index (χ2n) is 17.3. The highest BCUT2D eigenvalue weighted by Gasteiger charge is 2.39. The molecule has 0 aromatic carbocycles. The van der Waals surface area contributed by atoms with Gasteiger partial charge in [0.2, 0.25) is 41.4 Å². The number of Topliss-reactive ketones (excluding diaryl/α,β-unsaturated/α-hetero) is 2. The molecule has 7 amide bonds. The molecule has 2 saturated heterocycles. The van der Waals surface area contributed by atoms with Gasteiger partial charge in [0.1, 0.15) is 17.6 Å². The summed E-state index contributed by atoms with van der Waals surface area (Å²) in [4.78, 5) is 116. The number of carbonyl (C=O) groups excluding carboxylic acids is 9. The van der Waals surface area contributed by atoms with Crippen LogP contribution in [-0.2, 0) is 43.2 Å². The molecule has 20 heteroatoms. The summed E-state index contributed by atoms with van der Waals surface area (Å²) in [6.07, 6.45) is 9.32. The van der Waals surface area contributed by atoms with E-state index in [4.69, 9.17) is 17.2 Å². The molecule has 2 fully saturated rings. The number of nitrogens with zero attached hydrogens (tertiary/aromatic N) is 2. The van der Waals surface area contributed by atoms with Crippen LogP contribution in [-0.4, -0.2) is 142 Å². The Morgan fingerprint density at radius 1 is 0.656 bits per heavy atom. The molecular formula is C44H77N9O9S2. The van der Waals surface area contributed by atoms with Crippen LogP contribution in [0.25, 0.3) is 0 Å². The Hall–Kier alpha value is -3.59. The number of hydrogen-bond acceptors (Lipinski definition) is 14. The van der Waals surface area contributed by atoms with Gasteiger partial charge in [0.05, 0.1) is 28.7 Å². The molecule has 6 atom stereocenters. The molecule has 64 heavy (non-hydrogen) atoms. The van der Waals surface area contributed by atoms with E-state index in [-0.39, 0.29) is 89.7 Å². The molecule has 2 aliphatic rings. The molecule has 10 N–H and O–H groups in total. The number of imide groups is 1. The van der Waals surface area contributed by atoms with E-state index in [9.17, 15) is 43.2 Å². The lowest BCUT2D eigenvalue weighted by Gasteiger charge is -2.21. The molecule has 0 radical (unpaired) electrons. The van der Waals surface area contributed by atoms with Crippen LogP contribution in [0, 0.1) is 5.92 Å². The molecule has 0 saturated carbocycles. The van der Waals surface area contributed by atoms with Gasteiger partial charge in [-0.25, -0.2) is 0 Å². The van der Waals surface area contributed by atoms with E-state index < -0.39 is 41.4 Å². The third-order valence-electron chi connectivity index (χ3n) is 11.1. The summed E-state index contributed by atoms with van der Waals surface area (Å²) in [5.41, 5.74) is 18.0. The van der Waals surface area contributed by atoms with Crippen LogP contribution in [0.2, 0.25) is 0 Å². The maximum Gasteiger partial charge on any atom is 0.242 e. The molecule has 0 aromatic heterocycles. The van der Waals surface area contributed by atoms with E-state index in [0.29, 0.717) is 90.3 Å². The normalized spacial score (nSPS) is 18.2. The summed E-state index contributed by atoms with van der Waals surface area (Å²) in [7, 11) is 0. The molecule has 0 spiro atoms. The minimum absolute atomic E-state index is 0.0113. The highest BCUT2D eigenvalue weighted by atomic mass is 32.2. The highest BCUT2D eigenvalue weighted by Crippen LogP contribution is 2.27. The fraction of sp³-hybridized carbons (Fsp3) is 0.795. The Bertz CT molecular complexity index is 1550. The summed E-state index contributed by atoms with van der Waals surface area (Å²) in [6.45, 7) is 9.22. The molecule has 4 unspecified atom stereocenters. The van der Waals surface area contributed by atoms with E-state index in [2.05, 4.69) is 21.3 Å². The molecular weight excluding hydrogens is 863 g/mol. The summed E-state index contributed by atoms with van der Waals surface area (Å²) in [5, 5.41) is 10.2. The van der Waals surface area contributed by atoms with E-state index in [0.717, 1.165) is 37.4 Å². The first-order valence-electron chi connectivity index (χ1n) is 23.2. The topological polar surface area (TPSA) is 286 Å². The first-order valence-corrected chi connectivity index (χ1v) is 25.3. The molecule has 364 valence electrons. The number of thioether (sulfide) groups is 2. The largest absolute Gasteiger partial charge is 0.355 e. The van der Waals surface area contributed by atoms with Crippen LogP contribution >= 0.6 is 23.5 Å². The van der Waals surface area contributed by atoms with Crippen molar-refractivity contribution >= 4 is 76.4 Å². The number of unbranched alkanes of at least 4 members (excludes halogenated alkanes) is 7. The first kappa shape index (κ1) is 56.5. The van der Waals surface area contributed by atoms with E-state index in [1.807, 2.05) is 18.7 Å². The van der Waals surface area contributed by atoms with Gasteiger partial charge in [0.25, 0.3) is 0 Å². The smallest absolute Gasteiger partial charge is 0.242 e. The van der Waals surface area contributed by atoms with Crippen LogP contribution in [0.3, 0.4) is 0 Å². The van der Waals surface area contributed by atoms with Crippen molar-refractivity contribution in [2.45, 2.75) is 172 Å². The van der Waals surface area contributed by atoms with Gasteiger partial charge in [-0.2, -0.15) is 0 Å². The van der Waals surface area contributed by atoms with Gasteiger partial charge < -0.3 is 48.2 Å². The second-order valence-corrected chi connectivity index (χ2v) is 19.8. The molecule has 0 bridgehead atoms. The van der Waals surface area contributed by atoms with Crippen molar-refractivity contribution in [1.29, 1.82) is 0 Å². The monoisotopic (exact) mass is 940 g/mol. The number of carbonyl (C=O) groups is 9. The quantitative estimate of drug-likeness (QED) is 0.0270. The van der Waals surface area contributed by atoms with E-state index in [1.54, 1.807) is 6.92 Å². The Morgan fingerprint density at radius 2 is 1.23 bits per heavy atom. The Morgan fingerprint density at radius 3 is 1.89 bits per heavy atom. The molecule has 2 heterocycles. The zero-order chi connectivity index (χ0) is 47.6. The lowest BCUT2D eigenvalue weighted by molar-refractivity contribution is -0.138. The SMILES string of the molecule is CC(=O)CCCCCN1C(=O)CC(SCC(N)C(=O)N[C@@H](CCCCNC(=O)[C@@H](N)CSC2CCN(CCCCCC(=O)C(C)C)C2=O)C(=O)NCCCCCC(=O)NC(C)N)C1=O. The first-order chi connectivity index (χ1) is 30.4. The van der Waals surface area contributed by atoms with Crippen molar-refractivity contribution in [2.75, 3.05) is 44.2 Å². The molecule has 2 aliphatic heterocycles.